The Morgan fingerprint density at radius 1 is 0.893 bits per heavy atom. The average Bonchev–Trinajstić information content (AvgIpc) is 3.16. The lowest BCUT2D eigenvalue weighted by Crippen LogP contribution is -2.30. The van der Waals surface area contributed by atoms with Crippen LogP contribution in [0.15, 0.2) is 91.3 Å². The number of para-hydroxylation sites is 1. The molecule has 0 aliphatic carbocycles. The maximum absolute atomic E-state index is 13.1. The minimum absolute atomic E-state index is 0.132. The van der Waals surface area contributed by atoms with E-state index in [2.05, 4.69) is 17.1 Å². The van der Waals surface area contributed by atoms with Gasteiger partial charge in [0.2, 0.25) is 5.91 Å². The normalized spacial score (nSPS) is 10.9. The van der Waals surface area contributed by atoms with Crippen molar-refractivity contribution in [1.29, 1.82) is 0 Å². The largest absolute Gasteiger partial charge is 0.306 e. The van der Waals surface area contributed by atoms with Gasteiger partial charge in [0.25, 0.3) is 0 Å². The number of benzene rings is 2. The number of fused-ring (bicyclic) bond motifs is 1. The number of rotatable bonds is 7. The fourth-order valence-electron chi connectivity index (χ4n) is 3.42. The molecule has 0 bridgehead atoms. The first-order valence-corrected chi connectivity index (χ1v) is 9.61. The van der Waals surface area contributed by atoms with Gasteiger partial charge >= 0.3 is 0 Å². The van der Waals surface area contributed by atoms with Crippen molar-refractivity contribution < 1.29 is 4.79 Å². The number of imidazole rings is 1. The number of aryl methyl sites for hydroxylation is 1. The van der Waals surface area contributed by atoms with E-state index in [1.807, 2.05) is 88.4 Å². The minimum atomic E-state index is 0.132. The minimum Gasteiger partial charge on any atom is -0.306 e. The molecule has 28 heavy (non-hydrogen) atoms. The first-order chi connectivity index (χ1) is 13.8. The Balaban J connectivity index is 1.51. The molecule has 4 heteroatoms. The van der Waals surface area contributed by atoms with Gasteiger partial charge in [-0.25, -0.2) is 4.98 Å². The van der Waals surface area contributed by atoms with Gasteiger partial charge in [-0.3, -0.25) is 4.79 Å². The number of aromatic nitrogens is 2. The van der Waals surface area contributed by atoms with Gasteiger partial charge in [-0.05, 0) is 42.7 Å². The van der Waals surface area contributed by atoms with E-state index in [9.17, 15) is 4.79 Å². The Bertz CT molecular complexity index is 1040. The Morgan fingerprint density at radius 3 is 2.39 bits per heavy atom. The Morgan fingerprint density at radius 2 is 1.61 bits per heavy atom. The summed E-state index contributed by atoms with van der Waals surface area (Å²) in [4.78, 5) is 19.4. The van der Waals surface area contributed by atoms with E-state index in [-0.39, 0.29) is 5.91 Å². The summed E-state index contributed by atoms with van der Waals surface area (Å²) in [5.74, 6) is 0.132. The van der Waals surface area contributed by atoms with Gasteiger partial charge in [-0.1, -0.05) is 54.6 Å². The molecule has 4 aromatic rings. The van der Waals surface area contributed by atoms with Crippen LogP contribution in [0.4, 0.5) is 5.69 Å². The Kier molecular flexibility index (Phi) is 5.48. The highest BCUT2D eigenvalue weighted by atomic mass is 16.2. The summed E-state index contributed by atoms with van der Waals surface area (Å²) in [5.41, 5.74) is 4.07. The molecule has 0 N–H and O–H groups in total. The zero-order valence-corrected chi connectivity index (χ0v) is 15.7. The van der Waals surface area contributed by atoms with Gasteiger partial charge in [-0.15, -0.1) is 0 Å². The lowest BCUT2D eigenvalue weighted by molar-refractivity contribution is -0.118. The molecule has 2 aromatic carbocycles. The summed E-state index contributed by atoms with van der Waals surface area (Å²) in [6.07, 6.45) is 6.09. The van der Waals surface area contributed by atoms with Gasteiger partial charge < -0.3 is 9.30 Å². The lowest BCUT2D eigenvalue weighted by atomic mass is 10.1. The lowest BCUT2D eigenvalue weighted by Gasteiger charge is -2.23. The van der Waals surface area contributed by atoms with Crippen LogP contribution >= 0.6 is 0 Å². The Labute approximate surface area is 165 Å². The van der Waals surface area contributed by atoms with Crippen molar-refractivity contribution in [3.8, 4) is 0 Å². The molecule has 2 aromatic heterocycles. The van der Waals surface area contributed by atoms with Crippen molar-refractivity contribution in [3.05, 3.63) is 103 Å². The van der Waals surface area contributed by atoms with Gasteiger partial charge in [0.1, 0.15) is 5.65 Å². The number of nitrogens with zero attached hydrogens (tertiary/aromatic N) is 3. The second kappa shape index (κ2) is 8.53. The summed E-state index contributed by atoms with van der Waals surface area (Å²) < 4.78 is 2.03. The molecule has 2 heterocycles. The highest BCUT2D eigenvalue weighted by molar-refractivity contribution is 5.93. The first-order valence-electron chi connectivity index (χ1n) is 9.61. The molecule has 0 fully saturated rings. The molecule has 0 saturated heterocycles. The monoisotopic (exact) mass is 369 g/mol. The van der Waals surface area contributed by atoms with Crippen molar-refractivity contribution >= 4 is 17.2 Å². The van der Waals surface area contributed by atoms with E-state index in [1.165, 1.54) is 5.56 Å². The van der Waals surface area contributed by atoms with Crippen LogP contribution in [0.2, 0.25) is 0 Å². The second-order valence-electron chi connectivity index (χ2n) is 6.83. The standard InChI is InChI=1S/C24H23N3O/c28-24(16-9-12-20-10-3-1-4-11-20)27(21-13-5-2-6-14-21)19-22-18-25-23-15-7-8-17-26(22)23/h1-8,10-11,13-15,17-18H,9,12,16,19H2. The first kappa shape index (κ1) is 18.0. The highest BCUT2D eigenvalue weighted by Crippen LogP contribution is 2.20. The summed E-state index contributed by atoms with van der Waals surface area (Å²) in [7, 11) is 0. The number of amides is 1. The van der Waals surface area contributed by atoms with Gasteiger partial charge in [-0.2, -0.15) is 0 Å². The van der Waals surface area contributed by atoms with E-state index >= 15 is 0 Å². The molecule has 0 saturated carbocycles. The summed E-state index contributed by atoms with van der Waals surface area (Å²) in [6, 6.07) is 26.1. The maximum Gasteiger partial charge on any atom is 0.227 e. The number of pyridine rings is 1. The number of anilines is 1. The third-order valence-electron chi connectivity index (χ3n) is 4.88. The fraction of sp³-hybridized carbons (Fsp3) is 0.167. The van der Waals surface area contributed by atoms with Crippen LogP contribution < -0.4 is 4.90 Å². The van der Waals surface area contributed by atoms with Gasteiger partial charge in [0.05, 0.1) is 18.4 Å². The molecule has 4 rings (SSSR count). The quantitative estimate of drug-likeness (QED) is 0.465. The molecular weight excluding hydrogens is 346 g/mol. The van der Waals surface area contributed by atoms with Crippen molar-refractivity contribution in [2.24, 2.45) is 0 Å². The number of carbonyl (C=O) groups excluding carboxylic acids is 1. The third kappa shape index (κ3) is 4.12. The zero-order valence-electron chi connectivity index (χ0n) is 15.7. The summed E-state index contributed by atoms with van der Waals surface area (Å²) >= 11 is 0. The van der Waals surface area contributed by atoms with Crippen molar-refractivity contribution in [2.45, 2.75) is 25.8 Å². The molecule has 4 nitrogen and oxygen atoms in total. The second-order valence-corrected chi connectivity index (χ2v) is 6.83. The molecule has 1 amide bonds. The van der Waals surface area contributed by atoms with Crippen molar-refractivity contribution in [2.75, 3.05) is 4.90 Å². The van der Waals surface area contributed by atoms with Crippen LogP contribution in [-0.4, -0.2) is 15.3 Å². The maximum atomic E-state index is 13.1. The molecule has 0 atom stereocenters. The fourth-order valence-corrected chi connectivity index (χ4v) is 3.42. The van der Waals surface area contributed by atoms with E-state index in [4.69, 9.17) is 0 Å². The SMILES string of the molecule is O=C(CCCc1ccccc1)N(Cc1cnc2ccccn12)c1ccccc1. The van der Waals surface area contributed by atoms with Crippen LogP contribution in [-0.2, 0) is 17.8 Å². The van der Waals surface area contributed by atoms with Crippen molar-refractivity contribution in [1.82, 2.24) is 9.38 Å². The molecule has 0 unspecified atom stereocenters. The summed E-state index contributed by atoms with van der Waals surface area (Å²) in [5, 5.41) is 0. The van der Waals surface area contributed by atoms with Crippen LogP contribution in [0, 0.1) is 0 Å². The molecule has 0 aliphatic heterocycles. The number of hydrogen-bond donors (Lipinski definition) is 0. The van der Waals surface area contributed by atoms with E-state index in [1.54, 1.807) is 0 Å². The van der Waals surface area contributed by atoms with Crippen LogP contribution in [0.25, 0.3) is 5.65 Å². The van der Waals surface area contributed by atoms with Crippen molar-refractivity contribution in [3.63, 3.8) is 0 Å². The molecule has 0 aliphatic rings. The molecule has 0 spiro atoms. The van der Waals surface area contributed by atoms with E-state index in [0.717, 1.165) is 29.9 Å². The zero-order chi connectivity index (χ0) is 19.2. The summed E-state index contributed by atoms with van der Waals surface area (Å²) in [6.45, 7) is 0.499. The van der Waals surface area contributed by atoms with Gasteiger partial charge in [0, 0.05) is 18.3 Å². The average molecular weight is 369 g/mol. The van der Waals surface area contributed by atoms with E-state index in [0.29, 0.717) is 13.0 Å². The molecule has 0 radical (unpaired) electrons. The smallest absolute Gasteiger partial charge is 0.227 e. The van der Waals surface area contributed by atoms with Gasteiger partial charge in [0.15, 0.2) is 0 Å². The third-order valence-corrected chi connectivity index (χ3v) is 4.88. The Hall–Kier alpha value is -3.40. The van der Waals surface area contributed by atoms with Crippen LogP contribution in [0.1, 0.15) is 24.1 Å². The topological polar surface area (TPSA) is 37.6 Å². The predicted octanol–water partition coefficient (Wildman–Crippen LogP) is 4.89. The predicted molar refractivity (Wildman–Crippen MR) is 112 cm³/mol. The van der Waals surface area contributed by atoms with Crippen LogP contribution in [0.5, 0.6) is 0 Å². The molecular formula is C24H23N3O. The highest BCUT2D eigenvalue weighted by Gasteiger charge is 2.17. The number of hydrogen-bond acceptors (Lipinski definition) is 2. The van der Waals surface area contributed by atoms with Crippen LogP contribution in [0.3, 0.4) is 0 Å². The number of carbonyl (C=O) groups is 1. The molecule has 140 valence electrons. The van der Waals surface area contributed by atoms with E-state index < -0.39 is 0 Å².